The number of ketones is 1. The van der Waals surface area contributed by atoms with E-state index in [1.165, 1.54) is 0 Å². The minimum absolute atomic E-state index is 0.0251. The van der Waals surface area contributed by atoms with Gasteiger partial charge in [0.15, 0.2) is 0 Å². The molecule has 1 aliphatic carbocycles. The Morgan fingerprint density at radius 2 is 1.87 bits per heavy atom. The Bertz CT molecular complexity index is 1060. The van der Waals surface area contributed by atoms with Gasteiger partial charge in [-0.2, -0.15) is 0 Å². The van der Waals surface area contributed by atoms with Crippen molar-refractivity contribution in [1.82, 2.24) is 4.90 Å². The van der Waals surface area contributed by atoms with Gasteiger partial charge in [0.05, 0.1) is 12.2 Å². The Kier molecular flexibility index (Phi) is 5.08. The van der Waals surface area contributed by atoms with E-state index in [1.807, 2.05) is 25.1 Å². The summed E-state index contributed by atoms with van der Waals surface area (Å²) in [6.45, 7) is 2.52. The molecule has 0 spiro atoms. The molecule has 162 valence electrons. The zero-order chi connectivity index (χ0) is 21.5. The smallest absolute Gasteiger partial charge is 0.296 e. The third kappa shape index (κ3) is 3.44. The first-order chi connectivity index (χ1) is 15.0. The molecule has 1 unspecified atom stereocenters. The Hall–Kier alpha value is -3.02. The topological polar surface area (TPSA) is 80.0 Å². The molecule has 1 N–H and O–H groups in total. The van der Waals surface area contributed by atoms with Gasteiger partial charge >= 0.3 is 0 Å². The van der Waals surface area contributed by atoms with Gasteiger partial charge in [-0.05, 0) is 68.5 Å². The van der Waals surface area contributed by atoms with Crippen LogP contribution in [0.25, 0.3) is 5.76 Å². The summed E-state index contributed by atoms with van der Waals surface area (Å²) in [6, 6.07) is 8.34. The predicted molar refractivity (Wildman–Crippen MR) is 115 cm³/mol. The summed E-state index contributed by atoms with van der Waals surface area (Å²) < 4.78 is 11.6. The van der Waals surface area contributed by atoms with Gasteiger partial charge in [-0.3, -0.25) is 9.59 Å². The zero-order valence-electron chi connectivity index (χ0n) is 17.7. The molecule has 3 heterocycles. The Balaban J connectivity index is 1.62. The van der Waals surface area contributed by atoms with E-state index in [1.54, 1.807) is 17.0 Å². The Morgan fingerprint density at radius 1 is 1.06 bits per heavy atom. The van der Waals surface area contributed by atoms with Crippen LogP contribution in [0, 0.1) is 6.92 Å². The largest absolute Gasteiger partial charge is 0.507 e. The van der Waals surface area contributed by atoms with E-state index in [0.717, 1.165) is 56.3 Å². The molecule has 6 heteroatoms. The highest BCUT2D eigenvalue weighted by molar-refractivity contribution is 6.46. The van der Waals surface area contributed by atoms with E-state index in [9.17, 15) is 14.7 Å². The molecule has 1 amide bonds. The van der Waals surface area contributed by atoms with Gasteiger partial charge < -0.3 is 19.2 Å². The lowest BCUT2D eigenvalue weighted by Gasteiger charge is -2.34. The number of aryl methyl sites for hydroxylation is 2. The maximum Gasteiger partial charge on any atom is 0.296 e. The van der Waals surface area contributed by atoms with Gasteiger partial charge in [-0.25, -0.2) is 0 Å². The average Bonchev–Trinajstić information content (AvgIpc) is 3.34. The van der Waals surface area contributed by atoms with Gasteiger partial charge in [0, 0.05) is 11.6 Å². The van der Waals surface area contributed by atoms with Gasteiger partial charge in [0.2, 0.25) is 0 Å². The van der Waals surface area contributed by atoms with Crippen molar-refractivity contribution in [3.8, 4) is 5.75 Å². The summed E-state index contributed by atoms with van der Waals surface area (Å²) in [5, 5.41) is 11.3. The standard InChI is InChI=1S/C25H27NO5/c1-15-9-11-20(31-15)22-21(24(28)25(29)26(22)18-7-3-2-4-8-18)23(27)17-10-12-19-16(14-17)6-5-13-30-19/h9-12,14,18,22,27H,2-8,13H2,1H3/b23-21-. The monoisotopic (exact) mass is 421 g/mol. The number of hydrogen-bond acceptors (Lipinski definition) is 5. The molecule has 1 saturated carbocycles. The second-order valence-corrected chi connectivity index (χ2v) is 8.72. The molecular formula is C25H27NO5. The summed E-state index contributed by atoms with van der Waals surface area (Å²) in [6.07, 6.45) is 6.69. The van der Waals surface area contributed by atoms with Crippen LogP contribution in [0.2, 0.25) is 0 Å². The lowest BCUT2D eigenvalue weighted by molar-refractivity contribution is -0.142. The number of amides is 1. The highest BCUT2D eigenvalue weighted by atomic mass is 16.5. The van der Waals surface area contributed by atoms with Crippen LogP contribution in [0.3, 0.4) is 0 Å². The van der Waals surface area contributed by atoms with Crippen LogP contribution in [-0.2, 0) is 16.0 Å². The fourth-order valence-electron chi connectivity index (χ4n) is 5.13. The third-order valence-corrected chi connectivity index (χ3v) is 6.66. The zero-order valence-corrected chi connectivity index (χ0v) is 17.7. The molecule has 31 heavy (non-hydrogen) atoms. The molecule has 5 rings (SSSR count). The second-order valence-electron chi connectivity index (χ2n) is 8.72. The number of nitrogens with zero attached hydrogens (tertiary/aromatic N) is 1. The number of hydrogen-bond donors (Lipinski definition) is 1. The first-order valence-corrected chi connectivity index (χ1v) is 11.2. The summed E-state index contributed by atoms with van der Waals surface area (Å²) in [5.41, 5.74) is 1.64. The fraction of sp³-hybridized carbons (Fsp3) is 0.440. The molecule has 3 aliphatic rings. The van der Waals surface area contributed by atoms with E-state index < -0.39 is 17.7 Å². The van der Waals surface area contributed by atoms with E-state index in [4.69, 9.17) is 9.15 Å². The lowest BCUT2D eigenvalue weighted by Crippen LogP contribution is -2.40. The molecule has 2 fully saturated rings. The molecule has 0 radical (unpaired) electrons. The van der Waals surface area contributed by atoms with Gasteiger partial charge in [-0.1, -0.05) is 19.3 Å². The number of fused-ring (bicyclic) bond motifs is 1. The number of aliphatic hydroxyl groups is 1. The molecule has 1 atom stereocenters. The van der Waals surface area contributed by atoms with E-state index in [0.29, 0.717) is 23.7 Å². The van der Waals surface area contributed by atoms with Crippen molar-refractivity contribution in [3.05, 3.63) is 58.6 Å². The first kappa shape index (κ1) is 19.9. The Labute approximate surface area is 181 Å². The number of aliphatic hydroxyl groups excluding tert-OH is 1. The summed E-state index contributed by atoms with van der Waals surface area (Å²) in [4.78, 5) is 28.0. The van der Waals surface area contributed by atoms with Crippen molar-refractivity contribution in [2.45, 2.75) is 64.0 Å². The normalized spacial score (nSPS) is 23.6. The van der Waals surface area contributed by atoms with E-state index in [2.05, 4.69) is 0 Å². The van der Waals surface area contributed by atoms with Gasteiger partial charge in [0.25, 0.3) is 11.7 Å². The minimum Gasteiger partial charge on any atom is -0.507 e. The van der Waals surface area contributed by atoms with Crippen LogP contribution in [0.4, 0.5) is 0 Å². The van der Waals surface area contributed by atoms with Crippen LogP contribution in [0.5, 0.6) is 5.75 Å². The summed E-state index contributed by atoms with van der Waals surface area (Å²) in [5.74, 6) is 0.693. The van der Waals surface area contributed by atoms with Gasteiger partial charge in [0.1, 0.15) is 29.1 Å². The lowest BCUT2D eigenvalue weighted by atomic mass is 9.92. The van der Waals surface area contributed by atoms with Crippen LogP contribution in [0.1, 0.15) is 67.2 Å². The number of furan rings is 1. The van der Waals surface area contributed by atoms with Crippen LogP contribution < -0.4 is 4.74 Å². The molecule has 0 bridgehead atoms. The fourth-order valence-corrected chi connectivity index (χ4v) is 5.13. The van der Waals surface area contributed by atoms with Crippen LogP contribution in [0.15, 0.2) is 40.3 Å². The molecule has 2 aliphatic heterocycles. The number of carbonyl (C=O) groups excluding carboxylic acids is 2. The van der Waals surface area contributed by atoms with Crippen molar-refractivity contribution in [2.24, 2.45) is 0 Å². The Morgan fingerprint density at radius 3 is 2.61 bits per heavy atom. The molecule has 1 saturated heterocycles. The van der Waals surface area contributed by atoms with Crippen LogP contribution in [-0.4, -0.2) is 34.3 Å². The summed E-state index contributed by atoms with van der Waals surface area (Å²) in [7, 11) is 0. The van der Waals surface area contributed by atoms with Crippen LogP contribution >= 0.6 is 0 Å². The maximum atomic E-state index is 13.2. The third-order valence-electron chi connectivity index (χ3n) is 6.66. The van der Waals surface area contributed by atoms with E-state index in [-0.39, 0.29) is 17.4 Å². The SMILES string of the molecule is Cc1ccc(C2/C(=C(/O)c3ccc4c(c3)CCCO4)C(=O)C(=O)N2C2CCCCC2)o1. The quantitative estimate of drug-likeness (QED) is 0.443. The number of Topliss-reactive ketones (excluding diaryl/α,β-unsaturated/α-hetero) is 1. The summed E-state index contributed by atoms with van der Waals surface area (Å²) >= 11 is 0. The predicted octanol–water partition coefficient (Wildman–Crippen LogP) is 4.67. The average molecular weight is 421 g/mol. The van der Waals surface area contributed by atoms with Crippen molar-refractivity contribution in [2.75, 3.05) is 6.61 Å². The van der Waals surface area contributed by atoms with Crippen molar-refractivity contribution >= 4 is 17.4 Å². The number of ether oxygens (including phenoxy) is 1. The maximum absolute atomic E-state index is 13.2. The molecular weight excluding hydrogens is 394 g/mol. The first-order valence-electron chi connectivity index (χ1n) is 11.2. The number of likely N-dealkylation sites (tertiary alicyclic amines) is 1. The number of carbonyl (C=O) groups is 2. The highest BCUT2D eigenvalue weighted by Gasteiger charge is 2.50. The molecule has 6 nitrogen and oxygen atoms in total. The van der Waals surface area contributed by atoms with E-state index >= 15 is 0 Å². The number of benzene rings is 1. The highest BCUT2D eigenvalue weighted by Crippen LogP contribution is 2.43. The van der Waals surface area contributed by atoms with Crippen molar-refractivity contribution in [1.29, 1.82) is 0 Å². The molecule has 2 aromatic rings. The van der Waals surface area contributed by atoms with Gasteiger partial charge in [-0.15, -0.1) is 0 Å². The van der Waals surface area contributed by atoms with Crippen molar-refractivity contribution in [3.63, 3.8) is 0 Å². The molecule has 1 aromatic heterocycles. The second kappa shape index (κ2) is 7.91. The van der Waals surface area contributed by atoms with Crippen molar-refractivity contribution < 1.29 is 23.8 Å². The number of rotatable bonds is 3. The minimum atomic E-state index is -0.705. The molecule has 1 aromatic carbocycles.